The lowest BCUT2D eigenvalue weighted by Crippen LogP contribution is -2.21. The van der Waals surface area contributed by atoms with E-state index in [4.69, 9.17) is 14.9 Å². The number of aromatic nitrogens is 5. The van der Waals surface area contributed by atoms with E-state index in [1.54, 1.807) is 11.0 Å². The predicted molar refractivity (Wildman–Crippen MR) is 157 cm³/mol. The molecule has 0 fully saturated rings. The van der Waals surface area contributed by atoms with Gasteiger partial charge in [-0.05, 0) is 47.4 Å². The van der Waals surface area contributed by atoms with Crippen LogP contribution in [0.15, 0.2) is 103 Å². The van der Waals surface area contributed by atoms with Crippen LogP contribution in [-0.4, -0.2) is 42.2 Å². The van der Waals surface area contributed by atoms with Crippen LogP contribution in [0, 0.1) is 6.92 Å². The molecule has 0 saturated carbocycles. The summed E-state index contributed by atoms with van der Waals surface area (Å²) in [5, 5.41) is 19.5. The first-order valence-electron chi connectivity index (χ1n) is 13.3. The van der Waals surface area contributed by atoms with Crippen LogP contribution in [0.3, 0.4) is 0 Å². The van der Waals surface area contributed by atoms with Crippen LogP contribution in [0.5, 0.6) is 0 Å². The van der Waals surface area contributed by atoms with Gasteiger partial charge in [-0.2, -0.15) is 28.2 Å². The third kappa shape index (κ3) is 7.32. The van der Waals surface area contributed by atoms with Gasteiger partial charge in [-0.15, -0.1) is 0 Å². The number of aliphatic carboxylic acids is 1. The fourth-order valence-electron chi connectivity index (χ4n) is 4.34. The monoisotopic (exact) mass is 584 g/mol. The number of rotatable bonds is 7. The first-order chi connectivity index (χ1) is 20.7. The molecule has 11 heteroatoms. The Labute approximate surface area is 244 Å². The molecule has 43 heavy (non-hydrogen) atoms. The van der Waals surface area contributed by atoms with Crippen molar-refractivity contribution in [3.8, 4) is 28.2 Å². The van der Waals surface area contributed by atoms with Crippen LogP contribution in [-0.2, 0) is 17.9 Å². The van der Waals surface area contributed by atoms with E-state index in [0.717, 1.165) is 40.3 Å². The van der Waals surface area contributed by atoms with Gasteiger partial charge in [0.2, 0.25) is 0 Å². The number of H-pyrrole nitrogens is 1. The maximum atomic E-state index is 10.6. The Morgan fingerprint density at radius 3 is 2.12 bits per heavy atom. The number of carboxylic acid groups (broad SMARTS) is 1. The number of carbonyl (C=O) groups is 1. The lowest BCUT2D eigenvalue weighted by atomic mass is 10.0. The summed E-state index contributed by atoms with van der Waals surface area (Å²) in [6, 6.07) is 33.4. The molecule has 3 N–H and O–H groups in total. The number of hydrogen-bond donors (Lipinski definition) is 3. The first kappa shape index (κ1) is 29.2. The van der Waals surface area contributed by atoms with Crippen molar-refractivity contribution in [3.63, 3.8) is 0 Å². The molecule has 6 aromatic rings. The fourth-order valence-corrected chi connectivity index (χ4v) is 4.34. The zero-order chi connectivity index (χ0) is 30.4. The van der Waals surface area contributed by atoms with Crippen molar-refractivity contribution >= 4 is 17.0 Å². The van der Waals surface area contributed by atoms with Crippen molar-refractivity contribution in [2.45, 2.75) is 26.2 Å². The van der Waals surface area contributed by atoms with Crippen LogP contribution < -0.4 is 5.32 Å². The number of aromatic amines is 1. The lowest BCUT2D eigenvalue weighted by Gasteiger charge is -2.06. The molecule has 4 aromatic carbocycles. The van der Waals surface area contributed by atoms with Gasteiger partial charge in [0.25, 0.3) is 0 Å². The van der Waals surface area contributed by atoms with E-state index in [0.29, 0.717) is 6.54 Å². The molecule has 0 aliphatic heterocycles. The van der Waals surface area contributed by atoms with Gasteiger partial charge in [-0.3, -0.25) is 0 Å². The average molecular weight is 585 g/mol. The van der Waals surface area contributed by atoms with Crippen LogP contribution in [0.1, 0.15) is 16.8 Å². The molecule has 218 valence electrons. The summed E-state index contributed by atoms with van der Waals surface area (Å²) in [5.41, 5.74) is 9.83. The number of imidazole rings is 1. The van der Waals surface area contributed by atoms with E-state index in [9.17, 15) is 13.2 Å². The van der Waals surface area contributed by atoms with E-state index in [1.807, 2.05) is 30.3 Å². The molecule has 6 rings (SSSR count). The lowest BCUT2D eigenvalue weighted by molar-refractivity contribution is -0.192. The van der Waals surface area contributed by atoms with Crippen molar-refractivity contribution in [1.82, 2.24) is 30.3 Å². The summed E-state index contributed by atoms with van der Waals surface area (Å²) in [7, 11) is 0. The second-order valence-corrected chi connectivity index (χ2v) is 9.70. The minimum atomic E-state index is -5.08. The van der Waals surface area contributed by atoms with Gasteiger partial charge in [0.1, 0.15) is 5.82 Å². The second kappa shape index (κ2) is 12.7. The highest BCUT2D eigenvalue weighted by Crippen LogP contribution is 2.26. The molecular weight excluding hydrogens is 557 g/mol. The maximum absolute atomic E-state index is 10.6. The van der Waals surface area contributed by atoms with E-state index >= 15 is 0 Å². The van der Waals surface area contributed by atoms with E-state index in [-0.39, 0.29) is 0 Å². The summed E-state index contributed by atoms with van der Waals surface area (Å²) in [4.78, 5) is 18.8. The smallest absolute Gasteiger partial charge is 0.475 e. The Balaban J connectivity index is 0.000000472. The van der Waals surface area contributed by atoms with Crippen molar-refractivity contribution in [1.29, 1.82) is 0 Å². The normalized spacial score (nSPS) is 11.3. The standard InChI is InChI=1S/C30H26N6.C2HF3O2/c1-21-6-5-9-28-29(21)34-30(33-28)25-16-14-24(15-17-25)23-12-10-22(11-13-23)18-31-19-26-20-32-36(35-26)27-7-3-2-4-8-27;3-2(4,5)1(6)7/h2-17,20,31H,18-19H2,1H3,(H,33,34);(H,6,7). The number of benzene rings is 4. The molecule has 0 amide bonds. The summed E-state index contributed by atoms with van der Waals surface area (Å²) in [6.07, 6.45) is -3.28. The summed E-state index contributed by atoms with van der Waals surface area (Å²) in [6.45, 7) is 3.52. The number of carboxylic acids is 1. The molecule has 0 saturated heterocycles. The van der Waals surface area contributed by atoms with E-state index < -0.39 is 12.1 Å². The minimum absolute atomic E-state index is 0.664. The van der Waals surface area contributed by atoms with Crippen LogP contribution in [0.4, 0.5) is 13.2 Å². The number of halogens is 3. The van der Waals surface area contributed by atoms with Crippen molar-refractivity contribution in [2.24, 2.45) is 0 Å². The van der Waals surface area contributed by atoms with Gasteiger partial charge in [0, 0.05) is 18.7 Å². The maximum Gasteiger partial charge on any atom is 0.490 e. The zero-order valence-corrected chi connectivity index (χ0v) is 23.0. The molecule has 2 heterocycles. The zero-order valence-electron chi connectivity index (χ0n) is 23.0. The Hall–Kier alpha value is -5.29. The number of aryl methyl sites for hydroxylation is 1. The predicted octanol–water partition coefficient (Wildman–Crippen LogP) is 6.71. The number of alkyl halides is 3. The van der Waals surface area contributed by atoms with Crippen molar-refractivity contribution in [2.75, 3.05) is 0 Å². The molecule has 2 aromatic heterocycles. The largest absolute Gasteiger partial charge is 0.490 e. The second-order valence-electron chi connectivity index (χ2n) is 9.70. The molecular formula is C32H27F3N6O2. The molecule has 0 aliphatic rings. The van der Waals surface area contributed by atoms with E-state index in [2.05, 4.69) is 94.2 Å². The number of fused-ring (bicyclic) bond motifs is 1. The van der Waals surface area contributed by atoms with Crippen LogP contribution >= 0.6 is 0 Å². The Bertz CT molecular complexity index is 1810. The Kier molecular flexibility index (Phi) is 8.63. The SMILES string of the molecule is Cc1cccc2[nH]c(-c3ccc(-c4ccc(CNCc5cnn(-c6ccccc6)n5)cc4)cc3)nc12.O=C(O)C(F)(F)F. The van der Waals surface area contributed by atoms with E-state index in [1.165, 1.54) is 22.3 Å². The highest BCUT2D eigenvalue weighted by atomic mass is 19.4. The Morgan fingerprint density at radius 2 is 1.49 bits per heavy atom. The van der Waals surface area contributed by atoms with Gasteiger partial charge in [0.05, 0.1) is 28.6 Å². The summed E-state index contributed by atoms with van der Waals surface area (Å²) >= 11 is 0. The first-order valence-corrected chi connectivity index (χ1v) is 13.3. The fraction of sp³-hybridized carbons (Fsp3) is 0.125. The van der Waals surface area contributed by atoms with Gasteiger partial charge >= 0.3 is 12.1 Å². The highest BCUT2D eigenvalue weighted by molar-refractivity contribution is 5.82. The molecule has 0 atom stereocenters. The Morgan fingerprint density at radius 1 is 0.860 bits per heavy atom. The van der Waals surface area contributed by atoms with Crippen LogP contribution in [0.2, 0.25) is 0 Å². The third-order valence-electron chi connectivity index (χ3n) is 6.56. The molecule has 0 bridgehead atoms. The molecule has 8 nitrogen and oxygen atoms in total. The third-order valence-corrected chi connectivity index (χ3v) is 6.56. The summed E-state index contributed by atoms with van der Waals surface area (Å²) in [5.74, 6) is -1.86. The summed E-state index contributed by atoms with van der Waals surface area (Å²) < 4.78 is 31.7. The molecule has 0 spiro atoms. The minimum Gasteiger partial charge on any atom is -0.475 e. The van der Waals surface area contributed by atoms with Crippen LogP contribution in [0.25, 0.3) is 39.2 Å². The average Bonchev–Trinajstić information content (AvgIpc) is 3.67. The number of hydrogen-bond acceptors (Lipinski definition) is 5. The van der Waals surface area contributed by atoms with Gasteiger partial charge in [-0.1, -0.05) is 78.9 Å². The van der Waals surface area contributed by atoms with Crippen molar-refractivity contribution < 1.29 is 23.1 Å². The van der Waals surface area contributed by atoms with Gasteiger partial charge in [0.15, 0.2) is 0 Å². The number of nitrogens with zero attached hydrogens (tertiary/aromatic N) is 4. The van der Waals surface area contributed by atoms with Crippen molar-refractivity contribution in [3.05, 3.63) is 120 Å². The number of nitrogens with one attached hydrogen (secondary N) is 2. The quantitative estimate of drug-likeness (QED) is 0.193. The topological polar surface area (TPSA) is 109 Å². The molecule has 0 unspecified atom stereocenters. The number of para-hydroxylation sites is 2. The molecule has 0 radical (unpaired) electrons. The van der Waals surface area contributed by atoms with Gasteiger partial charge in [-0.25, -0.2) is 9.78 Å². The molecule has 0 aliphatic carbocycles. The van der Waals surface area contributed by atoms with Gasteiger partial charge < -0.3 is 15.4 Å². The highest BCUT2D eigenvalue weighted by Gasteiger charge is 2.38.